The van der Waals surface area contributed by atoms with Crippen molar-refractivity contribution in [1.29, 1.82) is 0 Å². The summed E-state index contributed by atoms with van der Waals surface area (Å²) in [6, 6.07) is 16.9. The molecule has 98 valence electrons. The van der Waals surface area contributed by atoms with E-state index in [9.17, 15) is 4.79 Å². The zero-order valence-corrected chi connectivity index (χ0v) is 10.5. The van der Waals surface area contributed by atoms with Gasteiger partial charge < -0.3 is 15.8 Å². The van der Waals surface area contributed by atoms with Crippen LogP contribution in [0.5, 0.6) is 11.5 Å². The van der Waals surface area contributed by atoms with Gasteiger partial charge in [-0.05, 0) is 36.2 Å². The zero-order chi connectivity index (χ0) is 13.5. The van der Waals surface area contributed by atoms with Gasteiger partial charge in [-0.25, -0.2) is 4.79 Å². The normalized spacial score (nSPS) is 9.89. The Morgan fingerprint density at radius 1 is 1.00 bits per heavy atom. The van der Waals surface area contributed by atoms with Gasteiger partial charge in [0.05, 0.1) is 0 Å². The number of urea groups is 1. The quantitative estimate of drug-likeness (QED) is 0.863. The summed E-state index contributed by atoms with van der Waals surface area (Å²) >= 11 is 0. The Morgan fingerprint density at radius 3 is 2.26 bits per heavy atom. The zero-order valence-electron chi connectivity index (χ0n) is 10.5. The number of carbonyl (C=O) groups excluding carboxylic acids is 1. The van der Waals surface area contributed by atoms with Gasteiger partial charge in [0.2, 0.25) is 0 Å². The minimum Gasteiger partial charge on any atom is -0.457 e. The van der Waals surface area contributed by atoms with Crippen LogP contribution >= 0.6 is 0 Å². The van der Waals surface area contributed by atoms with Crippen molar-refractivity contribution in [3.63, 3.8) is 0 Å². The fourth-order valence-electron chi connectivity index (χ4n) is 1.68. The first-order valence-corrected chi connectivity index (χ1v) is 6.09. The second-order valence-electron chi connectivity index (χ2n) is 4.10. The van der Waals surface area contributed by atoms with Crippen LogP contribution in [0.2, 0.25) is 0 Å². The summed E-state index contributed by atoms with van der Waals surface area (Å²) in [5.74, 6) is 1.60. The number of rotatable bonds is 5. The second-order valence-corrected chi connectivity index (χ2v) is 4.10. The van der Waals surface area contributed by atoms with E-state index in [0.29, 0.717) is 6.54 Å². The van der Waals surface area contributed by atoms with Gasteiger partial charge in [0.15, 0.2) is 0 Å². The molecule has 2 aromatic carbocycles. The number of hydrogen-bond donors (Lipinski definition) is 2. The number of carbonyl (C=O) groups is 1. The fraction of sp³-hybridized carbons (Fsp3) is 0.133. The first kappa shape index (κ1) is 13.0. The van der Waals surface area contributed by atoms with Crippen molar-refractivity contribution in [2.24, 2.45) is 5.73 Å². The third-order valence-electron chi connectivity index (χ3n) is 2.62. The Bertz CT molecular complexity index is 524. The third kappa shape index (κ3) is 4.35. The number of hydrogen-bond acceptors (Lipinski definition) is 2. The molecule has 0 aliphatic heterocycles. The SMILES string of the molecule is NC(=O)NCCc1ccc(Oc2ccccc2)cc1. The number of nitrogens with two attached hydrogens (primary N) is 1. The predicted molar refractivity (Wildman–Crippen MR) is 74.2 cm³/mol. The molecule has 0 radical (unpaired) electrons. The van der Waals surface area contributed by atoms with Gasteiger partial charge in [0.25, 0.3) is 0 Å². The molecule has 0 heterocycles. The van der Waals surface area contributed by atoms with Gasteiger partial charge >= 0.3 is 6.03 Å². The lowest BCUT2D eigenvalue weighted by atomic mass is 10.1. The second kappa shape index (κ2) is 6.44. The van der Waals surface area contributed by atoms with E-state index in [1.54, 1.807) is 0 Å². The number of nitrogens with one attached hydrogen (secondary N) is 1. The molecule has 0 aliphatic carbocycles. The Labute approximate surface area is 112 Å². The van der Waals surface area contributed by atoms with Crippen LogP contribution in [0.1, 0.15) is 5.56 Å². The van der Waals surface area contributed by atoms with Crippen LogP contribution < -0.4 is 15.8 Å². The minimum atomic E-state index is -0.496. The number of amides is 2. The first-order chi connectivity index (χ1) is 9.24. The Morgan fingerprint density at radius 2 is 1.63 bits per heavy atom. The van der Waals surface area contributed by atoms with Crippen molar-refractivity contribution in [2.45, 2.75) is 6.42 Å². The van der Waals surface area contributed by atoms with E-state index in [2.05, 4.69) is 5.32 Å². The van der Waals surface area contributed by atoms with E-state index in [4.69, 9.17) is 10.5 Å². The van der Waals surface area contributed by atoms with Gasteiger partial charge in [-0.3, -0.25) is 0 Å². The van der Waals surface area contributed by atoms with E-state index >= 15 is 0 Å². The monoisotopic (exact) mass is 256 g/mol. The molecule has 0 fully saturated rings. The van der Waals surface area contributed by atoms with Crippen LogP contribution in [-0.2, 0) is 6.42 Å². The van der Waals surface area contributed by atoms with Crippen molar-refractivity contribution in [3.8, 4) is 11.5 Å². The highest BCUT2D eigenvalue weighted by Crippen LogP contribution is 2.21. The summed E-state index contributed by atoms with van der Waals surface area (Å²) in [6.45, 7) is 0.536. The van der Waals surface area contributed by atoms with Crippen molar-refractivity contribution < 1.29 is 9.53 Å². The molecule has 2 aromatic rings. The van der Waals surface area contributed by atoms with E-state index < -0.39 is 6.03 Å². The molecule has 4 heteroatoms. The molecule has 0 unspecified atom stereocenters. The van der Waals surface area contributed by atoms with Crippen molar-refractivity contribution >= 4 is 6.03 Å². The highest BCUT2D eigenvalue weighted by Gasteiger charge is 1.98. The number of primary amides is 1. The van der Waals surface area contributed by atoms with E-state index in [1.165, 1.54) is 0 Å². The smallest absolute Gasteiger partial charge is 0.312 e. The van der Waals surface area contributed by atoms with Gasteiger partial charge in [-0.2, -0.15) is 0 Å². The van der Waals surface area contributed by atoms with E-state index in [-0.39, 0.29) is 0 Å². The van der Waals surface area contributed by atoms with Crippen molar-refractivity contribution in [2.75, 3.05) is 6.54 Å². The lowest BCUT2D eigenvalue weighted by Crippen LogP contribution is -2.30. The molecule has 0 saturated carbocycles. The molecular weight excluding hydrogens is 240 g/mol. The van der Waals surface area contributed by atoms with E-state index in [1.807, 2.05) is 54.6 Å². The highest BCUT2D eigenvalue weighted by atomic mass is 16.5. The maximum atomic E-state index is 10.5. The summed E-state index contributed by atoms with van der Waals surface area (Å²) in [7, 11) is 0. The van der Waals surface area contributed by atoms with Gasteiger partial charge in [0.1, 0.15) is 11.5 Å². The number of benzene rings is 2. The van der Waals surface area contributed by atoms with Crippen LogP contribution in [0.3, 0.4) is 0 Å². The summed E-state index contributed by atoms with van der Waals surface area (Å²) in [6.07, 6.45) is 0.745. The van der Waals surface area contributed by atoms with Crippen LogP contribution in [0.15, 0.2) is 54.6 Å². The van der Waals surface area contributed by atoms with Crippen LogP contribution in [0, 0.1) is 0 Å². The van der Waals surface area contributed by atoms with Crippen LogP contribution in [-0.4, -0.2) is 12.6 Å². The average molecular weight is 256 g/mol. The average Bonchev–Trinajstić information content (AvgIpc) is 2.42. The molecule has 0 saturated heterocycles. The number of ether oxygens (including phenoxy) is 1. The van der Waals surface area contributed by atoms with Crippen LogP contribution in [0.25, 0.3) is 0 Å². The molecule has 0 spiro atoms. The molecule has 0 aromatic heterocycles. The molecule has 0 aliphatic rings. The fourth-order valence-corrected chi connectivity index (χ4v) is 1.68. The molecule has 2 rings (SSSR count). The van der Waals surface area contributed by atoms with Crippen LogP contribution in [0.4, 0.5) is 4.79 Å². The summed E-state index contributed by atoms with van der Waals surface area (Å²) < 4.78 is 5.69. The minimum absolute atomic E-state index is 0.496. The molecule has 0 bridgehead atoms. The summed E-state index contributed by atoms with van der Waals surface area (Å²) in [5, 5.41) is 2.56. The van der Waals surface area contributed by atoms with Gasteiger partial charge in [-0.15, -0.1) is 0 Å². The third-order valence-corrected chi connectivity index (χ3v) is 2.62. The maximum absolute atomic E-state index is 10.5. The molecule has 2 amide bonds. The standard InChI is InChI=1S/C15H16N2O2/c16-15(18)17-11-10-12-6-8-14(9-7-12)19-13-4-2-1-3-5-13/h1-9H,10-11H2,(H3,16,17,18). The summed E-state index contributed by atoms with van der Waals surface area (Å²) in [5.41, 5.74) is 6.12. The maximum Gasteiger partial charge on any atom is 0.312 e. The topological polar surface area (TPSA) is 64.4 Å². The van der Waals surface area contributed by atoms with E-state index in [0.717, 1.165) is 23.5 Å². The van der Waals surface area contributed by atoms with Gasteiger partial charge in [0, 0.05) is 6.54 Å². The summed E-state index contributed by atoms with van der Waals surface area (Å²) in [4.78, 5) is 10.5. The largest absolute Gasteiger partial charge is 0.457 e. The Kier molecular flexibility index (Phi) is 4.39. The first-order valence-electron chi connectivity index (χ1n) is 6.09. The molecule has 3 N–H and O–H groups in total. The lowest BCUT2D eigenvalue weighted by Gasteiger charge is -2.07. The van der Waals surface area contributed by atoms with Crippen molar-refractivity contribution in [1.82, 2.24) is 5.32 Å². The predicted octanol–water partition coefficient (Wildman–Crippen LogP) is 2.69. The lowest BCUT2D eigenvalue weighted by molar-refractivity contribution is 0.249. The Balaban J connectivity index is 1.89. The molecule has 0 atom stereocenters. The van der Waals surface area contributed by atoms with Crippen molar-refractivity contribution in [3.05, 3.63) is 60.2 Å². The molecular formula is C15H16N2O2. The van der Waals surface area contributed by atoms with Gasteiger partial charge in [-0.1, -0.05) is 30.3 Å². The highest BCUT2D eigenvalue weighted by molar-refractivity contribution is 5.71. The number of para-hydroxylation sites is 1. The molecule has 4 nitrogen and oxygen atoms in total. The molecule has 19 heavy (non-hydrogen) atoms. The Hall–Kier alpha value is -2.49.